The molecule has 2 rings (SSSR count). The van der Waals surface area contributed by atoms with Gasteiger partial charge in [0.2, 0.25) is 0 Å². The highest BCUT2D eigenvalue weighted by atomic mass is 35.5. The number of amides is 2. The average molecular weight is 350 g/mol. The Morgan fingerprint density at radius 1 is 1.29 bits per heavy atom. The Balaban J connectivity index is 1.90. The summed E-state index contributed by atoms with van der Waals surface area (Å²) in [6, 6.07) is 11.0. The molecular formula is C16H16ClN3O4. The molecule has 2 N–H and O–H groups in total. The zero-order valence-electron chi connectivity index (χ0n) is 12.9. The molecule has 2 aromatic carbocycles. The van der Waals surface area contributed by atoms with Gasteiger partial charge in [-0.05, 0) is 30.2 Å². The smallest absolute Gasteiger partial charge is 0.321 e. The van der Waals surface area contributed by atoms with Crippen molar-refractivity contribution in [1.82, 2.24) is 5.32 Å². The number of hydrogen-bond acceptors (Lipinski definition) is 4. The molecule has 0 aliphatic carbocycles. The van der Waals surface area contributed by atoms with Crippen molar-refractivity contribution in [2.45, 2.75) is 13.3 Å². The fourth-order valence-electron chi connectivity index (χ4n) is 2.02. The van der Waals surface area contributed by atoms with Crippen LogP contribution in [-0.4, -0.2) is 17.7 Å². The van der Waals surface area contributed by atoms with Crippen LogP contribution >= 0.6 is 11.6 Å². The number of hydrogen-bond donors (Lipinski definition) is 2. The van der Waals surface area contributed by atoms with Crippen molar-refractivity contribution in [1.29, 1.82) is 0 Å². The number of aryl methyl sites for hydroxylation is 1. The summed E-state index contributed by atoms with van der Waals surface area (Å²) in [4.78, 5) is 22.0. The van der Waals surface area contributed by atoms with E-state index in [2.05, 4.69) is 10.6 Å². The summed E-state index contributed by atoms with van der Waals surface area (Å²) in [5.41, 5.74) is 1.02. The van der Waals surface area contributed by atoms with Crippen LogP contribution in [0.15, 0.2) is 42.5 Å². The molecule has 0 heterocycles. The standard InChI is InChI=1S/C16H16ClN3O4/c1-2-11-5-3-4-6-15(11)24-10-18-16(21)19-12-7-8-13(17)14(9-12)20(22)23/h3-9H,2,10H2,1H3,(H2,18,19,21). The zero-order valence-corrected chi connectivity index (χ0v) is 13.7. The molecule has 0 bridgehead atoms. The van der Waals surface area contributed by atoms with E-state index >= 15 is 0 Å². The van der Waals surface area contributed by atoms with Gasteiger partial charge in [0.1, 0.15) is 10.8 Å². The summed E-state index contributed by atoms with van der Waals surface area (Å²) < 4.78 is 5.52. The normalized spacial score (nSPS) is 10.1. The van der Waals surface area contributed by atoms with E-state index < -0.39 is 11.0 Å². The third-order valence-corrected chi connectivity index (χ3v) is 3.53. The van der Waals surface area contributed by atoms with Gasteiger partial charge >= 0.3 is 6.03 Å². The lowest BCUT2D eigenvalue weighted by Gasteiger charge is -2.12. The van der Waals surface area contributed by atoms with E-state index in [1.165, 1.54) is 18.2 Å². The number of para-hydroxylation sites is 1. The topological polar surface area (TPSA) is 93.5 Å². The highest BCUT2D eigenvalue weighted by Gasteiger charge is 2.13. The highest BCUT2D eigenvalue weighted by molar-refractivity contribution is 6.32. The molecule has 0 fully saturated rings. The summed E-state index contributed by atoms with van der Waals surface area (Å²) in [7, 11) is 0. The molecule has 0 saturated heterocycles. The monoisotopic (exact) mass is 349 g/mol. The first-order valence-corrected chi connectivity index (χ1v) is 7.58. The second kappa shape index (κ2) is 8.16. The van der Waals surface area contributed by atoms with Crippen LogP contribution in [0.2, 0.25) is 5.02 Å². The number of nitro benzene ring substituents is 1. The van der Waals surface area contributed by atoms with Gasteiger partial charge in [-0.15, -0.1) is 0 Å². The fraction of sp³-hybridized carbons (Fsp3) is 0.188. The van der Waals surface area contributed by atoms with Gasteiger partial charge in [-0.25, -0.2) is 4.79 Å². The predicted octanol–water partition coefficient (Wildman–Crippen LogP) is 3.97. The number of carbonyl (C=O) groups excluding carboxylic acids is 1. The van der Waals surface area contributed by atoms with Gasteiger partial charge in [0.25, 0.3) is 5.69 Å². The number of carbonyl (C=O) groups is 1. The summed E-state index contributed by atoms with van der Waals surface area (Å²) in [6.07, 6.45) is 0.816. The molecule has 0 radical (unpaired) electrons. The molecule has 0 saturated carbocycles. The molecule has 126 valence electrons. The van der Waals surface area contributed by atoms with Crippen LogP contribution in [0.3, 0.4) is 0 Å². The third kappa shape index (κ3) is 4.60. The molecule has 24 heavy (non-hydrogen) atoms. The van der Waals surface area contributed by atoms with E-state index in [1.807, 2.05) is 31.2 Å². The molecule has 0 aromatic heterocycles. The van der Waals surface area contributed by atoms with Crippen molar-refractivity contribution in [3.63, 3.8) is 0 Å². The number of anilines is 1. The molecular weight excluding hydrogens is 334 g/mol. The summed E-state index contributed by atoms with van der Waals surface area (Å²) in [6.45, 7) is 1.98. The summed E-state index contributed by atoms with van der Waals surface area (Å²) in [5.74, 6) is 0.697. The number of nitrogens with one attached hydrogen (secondary N) is 2. The maximum atomic E-state index is 11.8. The van der Waals surface area contributed by atoms with Gasteiger partial charge in [0.05, 0.1) is 4.92 Å². The van der Waals surface area contributed by atoms with Crippen molar-refractivity contribution in [3.05, 3.63) is 63.2 Å². The Morgan fingerprint density at radius 3 is 2.75 bits per heavy atom. The van der Waals surface area contributed by atoms with Crippen LogP contribution in [0, 0.1) is 10.1 Å². The first kappa shape index (κ1) is 17.6. The summed E-state index contributed by atoms with van der Waals surface area (Å²) in [5, 5.41) is 15.8. The minimum atomic E-state index is -0.615. The van der Waals surface area contributed by atoms with E-state index in [0.717, 1.165) is 12.0 Å². The van der Waals surface area contributed by atoms with Crippen LogP contribution < -0.4 is 15.4 Å². The number of nitrogens with zero attached hydrogens (tertiary/aromatic N) is 1. The molecule has 2 amide bonds. The first-order chi connectivity index (χ1) is 11.5. The van der Waals surface area contributed by atoms with Crippen molar-refractivity contribution >= 4 is 29.0 Å². The lowest BCUT2D eigenvalue weighted by molar-refractivity contribution is -0.384. The maximum Gasteiger partial charge on any atom is 0.321 e. The molecule has 0 atom stereocenters. The van der Waals surface area contributed by atoms with Gasteiger partial charge in [-0.3, -0.25) is 10.1 Å². The van der Waals surface area contributed by atoms with Crippen LogP contribution in [0.5, 0.6) is 5.75 Å². The first-order valence-electron chi connectivity index (χ1n) is 7.20. The van der Waals surface area contributed by atoms with Gasteiger partial charge < -0.3 is 15.4 Å². The average Bonchev–Trinajstić information content (AvgIpc) is 2.56. The second-order valence-corrected chi connectivity index (χ2v) is 5.21. The second-order valence-electron chi connectivity index (χ2n) is 4.80. The lowest BCUT2D eigenvalue weighted by Crippen LogP contribution is -2.32. The number of halogens is 1. The van der Waals surface area contributed by atoms with Crippen molar-refractivity contribution in [2.24, 2.45) is 0 Å². The molecule has 2 aromatic rings. The Morgan fingerprint density at radius 2 is 2.04 bits per heavy atom. The Bertz CT molecular complexity index is 752. The molecule has 0 unspecified atom stereocenters. The van der Waals surface area contributed by atoms with E-state index in [4.69, 9.17) is 16.3 Å². The minimum Gasteiger partial charge on any atom is -0.473 e. The van der Waals surface area contributed by atoms with E-state index in [9.17, 15) is 14.9 Å². The van der Waals surface area contributed by atoms with Crippen molar-refractivity contribution < 1.29 is 14.5 Å². The van der Waals surface area contributed by atoms with Crippen LogP contribution in [0.25, 0.3) is 0 Å². The molecule has 0 spiro atoms. The van der Waals surface area contributed by atoms with Gasteiger partial charge in [0.15, 0.2) is 6.73 Å². The largest absolute Gasteiger partial charge is 0.473 e. The van der Waals surface area contributed by atoms with Crippen LogP contribution in [-0.2, 0) is 6.42 Å². The number of benzene rings is 2. The number of urea groups is 1. The van der Waals surface area contributed by atoms with E-state index in [0.29, 0.717) is 5.75 Å². The van der Waals surface area contributed by atoms with Crippen LogP contribution in [0.4, 0.5) is 16.2 Å². The van der Waals surface area contributed by atoms with E-state index in [1.54, 1.807) is 0 Å². The molecule has 8 heteroatoms. The van der Waals surface area contributed by atoms with Crippen molar-refractivity contribution in [3.8, 4) is 5.75 Å². The minimum absolute atomic E-state index is 0.00506. The summed E-state index contributed by atoms with van der Waals surface area (Å²) >= 11 is 5.72. The Labute approximate surface area is 143 Å². The molecule has 7 nitrogen and oxygen atoms in total. The zero-order chi connectivity index (χ0) is 17.5. The van der Waals surface area contributed by atoms with E-state index in [-0.39, 0.29) is 23.1 Å². The quantitative estimate of drug-likeness (QED) is 0.468. The SMILES string of the molecule is CCc1ccccc1OCNC(=O)Nc1ccc(Cl)c([N+](=O)[O-])c1. The molecule has 0 aliphatic rings. The Hall–Kier alpha value is -2.80. The highest BCUT2D eigenvalue weighted by Crippen LogP contribution is 2.27. The number of ether oxygens (including phenoxy) is 1. The van der Waals surface area contributed by atoms with Crippen molar-refractivity contribution in [2.75, 3.05) is 12.0 Å². The molecule has 0 aliphatic heterocycles. The maximum absolute atomic E-state index is 11.8. The Kier molecular flexibility index (Phi) is 5.97. The van der Waals surface area contributed by atoms with Gasteiger partial charge in [0, 0.05) is 11.8 Å². The van der Waals surface area contributed by atoms with Gasteiger partial charge in [-0.2, -0.15) is 0 Å². The predicted molar refractivity (Wildman–Crippen MR) is 91.6 cm³/mol. The van der Waals surface area contributed by atoms with Crippen LogP contribution in [0.1, 0.15) is 12.5 Å². The lowest BCUT2D eigenvalue weighted by atomic mass is 10.1. The number of nitro groups is 1. The number of rotatable bonds is 6. The fourth-order valence-corrected chi connectivity index (χ4v) is 2.21. The van der Waals surface area contributed by atoms with Gasteiger partial charge in [-0.1, -0.05) is 36.7 Å². The third-order valence-electron chi connectivity index (χ3n) is 3.21.